The number of benzene rings is 10. The minimum atomic E-state index is 1.22. The Morgan fingerprint density at radius 3 is 1.56 bits per heavy atom. The lowest BCUT2D eigenvalue weighted by Crippen LogP contribution is -1.94. The van der Waals surface area contributed by atoms with Crippen LogP contribution >= 0.6 is 11.3 Å². The zero-order valence-corrected chi connectivity index (χ0v) is 38.0. The lowest BCUT2D eigenvalue weighted by molar-refractivity contribution is 1.17. The van der Waals surface area contributed by atoms with Gasteiger partial charge in [-0.1, -0.05) is 194 Å². The average Bonchev–Trinajstić information content (AvgIpc) is 4.11. The molecule has 0 N–H and O–H groups in total. The third kappa shape index (κ3) is 6.62. The first kappa shape index (κ1) is 39.6. The topological polar surface area (TPSA) is 9.34 Å². The summed E-state index contributed by atoms with van der Waals surface area (Å²) in [6.45, 7) is 6.46. The molecule has 0 spiro atoms. The molecule has 0 saturated heterocycles. The molecule has 4 aromatic heterocycles. The van der Waals surface area contributed by atoms with Gasteiger partial charge in [-0.2, -0.15) is 0 Å². The van der Waals surface area contributed by atoms with Crippen LogP contribution in [0.2, 0.25) is 0 Å². The number of aromatic nitrogens is 2. The first-order valence-electron chi connectivity index (χ1n) is 22.8. The Labute approximate surface area is 388 Å². The molecule has 0 atom stereocenters. The van der Waals surface area contributed by atoms with E-state index in [0.29, 0.717) is 0 Å². The standard InChI is InChI=1S/C31H19NS.C19H15N.C13H12/c1-18-12-14-22-23-15-13-19(17-29(23)33-28(22)16-18)20-7-4-9-25-26-10-5-8-24-21-6-2-3-11-27(21)32(30(20)25)31(24)26;1-14-8-7-12-17-16-11-5-6-13-18(16)20(19(14)17)15-9-3-2-4-10-15;1-11-7-9-13(10-8-11)12-5-3-2-4-6-12/h2-17H,1H3;2-13H,1H3;2-10H,1H3. The predicted octanol–water partition coefficient (Wildman–Crippen LogP) is 17.9. The molecule has 0 aliphatic heterocycles. The van der Waals surface area contributed by atoms with Crippen molar-refractivity contribution in [3.8, 4) is 27.9 Å². The number of aryl methyl sites for hydroxylation is 3. The maximum atomic E-state index is 2.49. The number of para-hydroxylation sites is 6. The average molecular weight is 863 g/mol. The van der Waals surface area contributed by atoms with Gasteiger partial charge in [0.05, 0.1) is 27.6 Å². The van der Waals surface area contributed by atoms with Crippen LogP contribution in [0, 0.1) is 20.8 Å². The Morgan fingerprint density at radius 1 is 0.318 bits per heavy atom. The van der Waals surface area contributed by atoms with Crippen LogP contribution in [0.5, 0.6) is 0 Å². The van der Waals surface area contributed by atoms with Gasteiger partial charge in [0, 0.05) is 63.7 Å². The molecule has 0 radical (unpaired) electrons. The predicted molar refractivity (Wildman–Crippen MR) is 286 cm³/mol. The SMILES string of the molecule is Cc1ccc(-c2ccccc2)cc1.Cc1ccc2c(c1)sc1cc(-c3cccc4c5cccc6c7ccccc7n(c34)c65)ccc12.Cc1cccc2c3ccccc3n(-c3ccccc3)c12. The van der Waals surface area contributed by atoms with Crippen molar-refractivity contribution in [3.05, 3.63) is 241 Å². The van der Waals surface area contributed by atoms with Crippen molar-refractivity contribution in [2.24, 2.45) is 0 Å². The number of rotatable bonds is 3. The van der Waals surface area contributed by atoms with Crippen LogP contribution in [0.1, 0.15) is 16.7 Å². The molecule has 0 unspecified atom stereocenters. The van der Waals surface area contributed by atoms with Crippen molar-refractivity contribution < 1.29 is 0 Å². The second kappa shape index (κ2) is 16.2. The van der Waals surface area contributed by atoms with Crippen molar-refractivity contribution >= 4 is 91.4 Å². The molecule has 14 aromatic rings. The molecule has 314 valence electrons. The molecule has 0 aliphatic carbocycles. The van der Waals surface area contributed by atoms with Crippen molar-refractivity contribution in [1.29, 1.82) is 0 Å². The molecule has 3 heteroatoms. The highest BCUT2D eigenvalue weighted by Gasteiger charge is 2.20. The summed E-state index contributed by atoms with van der Waals surface area (Å²) >= 11 is 1.90. The molecule has 0 saturated carbocycles. The van der Waals surface area contributed by atoms with Crippen LogP contribution in [-0.4, -0.2) is 8.97 Å². The third-order valence-electron chi connectivity index (χ3n) is 13.3. The van der Waals surface area contributed by atoms with Crippen molar-refractivity contribution in [2.75, 3.05) is 0 Å². The highest BCUT2D eigenvalue weighted by Crippen LogP contribution is 2.44. The maximum absolute atomic E-state index is 2.49. The number of fused-ring (bicyclic) bond motifs is 12. The van der Waals surface area contributed by atoms with Crippen LogP contribution in [0.3, 0.4) is 0 Å². The van der Waals surface area contributed by atoms with E-state index in [2.05, 4.69) is 248 Å². The molecule has 0 aliphatic rings. The Balaban J connectivity index is 0.000000117. The summed E-state index contributed by atoms with van der Waals surface area (Å²) in [6.07, 6.45) is 0. The van der Waals surface area contributed by atoms with E-state index in [0.717, 1.165) is 0 Å². The molecular weight excluding hydrogens is 817 g/mol. The highest BCUT2D eigenvalue weighted by molar-refractivity contribution is 7.25. The molecule has 66 heavy (non-hydrogen) atoms. The first-order chi connectivity index (χ1) is 32.5. The summed E-state index contributed by atoms with van der Waals surface area (Å²) in [7, 11) is 0. The van der Waals surface area contributed by atoms with E-state index in [1.807, 2.05) is 17.4 Å². The lowest BCUT2D eigenvalue weighted by Gasteiger charge is -2.08. The maximum Gasteiger partial charge on any atom is 0.0620 e. The molecule has 0 amide bonds. The summed E-state index contributed by atoms with van der Waals surface area (Å²) in [4.78, 5) is 0. The minimum absolute atomic E-state index is 1.22. The number of hydrogen-bond acceptors (Lipinski definition) is 1. The minimum Gasteiger partial charge on any atom is -0.309 e. The van der Waals surface area contributed by atoms with Gasteiger partial charge in [-0.15, -0.1) is 11.3 Å². The fourth-order valence-electron chi connectivity index (χ4n) is 10.2. The fraction of sp³-hybridized carbons (Fsp3) is 0.0476. The van der Waals surface area contributed by atoms with Gasteiger partial charge in [-0.3, -0.25) is 0 Å². The van der Waals surface area contributed by atoms with Crippen molar-refractivity contribution in [1.82, 2.24) is 8.97 Å². The van der Waals surface area contributed by atoms with Gasteiger partial charge < -0.3 is 8.97 Å². The van der Waals surface area contributed by atoms with Crippen LogP contribution < -0.4 is 0 Å². The number of thiophene rings is 1. The summed E-state index contributed by atoms with van der Waals surface area (Å²) in [5.41, 5.74) is 16.8. The Hall–Kier alpha value is -7.98. The number of nitrogens with zero attached hydrogens (tertiary/aromatic N) is 2. The van der Waals surface area contributed by atoms with Gasteiger partial charge in [0.15, 0.2) is 0 Å². The monoisotopic (exact) mass is 862 g/mol. The Morgan fingerprint density at radius 2 is 0.818 bits per heavy atom. The second-order valence-corrected chi connectivity index (χ2v) is 18.5. The van der Waals surface area contributed by atoms with E-state index in [4.69, 9.17) is 0 Å². The van der Waals surface area contributed by atoms with Gasteiger partial charge in [-0.05, 0) is 85.0 Å². The van der Waals surface area contributed by atoms with Gasteiger partial charge in [-0.25, -0.2) is 0 Å². The quantitative estimate of drug-likeness (QED) is 0.167. The molecule has 0 fully saturated rings. The smallest absolute Gasteiger partial charge is 0.0620 e. The van der Waals surface area contributed by atoms with Crippen molar-refractivity contribution in [2.45, 2.75) is 20.8 Å². The molecule has 2 nitrogen and oxygen atoms in total. The summed E-state index contributed by atoms with van der Waals surface area (Å²) < 4.78 is 7.57. The van der Waals surface area contributed by atoms with E-state index in [1.165, 1.54) is 125 Å². The van der Waals surface area contributed by atoms with E-state index in [1.54, 1.807) is 0 Å². The van der Waals surface area contributed by atoms with Crippen molar-refractivity contribution in [3.63, 3.8) is 0 Å². The van der Waals surface area contributed by atoms with Crippen LogP contribution in [0.15, 0.2) is 224 Å². The first-order valence-corrected chi connectivity index (χ1v) is 23.6. The van der Waals surface area contributed by atoms with Gasteiger partial charge in [0.25, 0.3) is 0 Å². The van der Waals surface area contributed by atoms with E-state index in [9.17, 15) is 0 Å². The molecule has 14 rings (SSSR count). The van der Waals surface area contributed by atoms with E-state index < -0.39 is 0 Å². The zero-order chi connectivity index (χ0) is 44.3. The Bertz CT molecular complexity index is 4060. The molecular formula is C63H46N2S. The molecule has 0 bridgehead atoms. The largest absolute Gasteiger partial charge is 0.309 e. The van der Waals surface area contributed by atoms with E-state index >= 15 is 0 Å². The number of hydrogen-bond donors (Lipinski definition) is 0. The van der Waals surface area contributed by atoms with Gasteiger partial charge >= 0.3 is 0 Å². The molecule has 10 aromatic carbocycles. The van der Waals surface area contributed by atoms with Gasteiger partial charge in [0.1, 0.15) is 0 Å². The van der Waals surface area contributed by atoms with Crippen LogP contribution in [0.4, 0.5) is 0 Å². The summed E-state index contributed by atoms with van der Waals surface area (Å²) in [5.74, 6) is 0. The normalized spacial score (nSPS) is 11.6. The highest BCUT2D eigenvalue weighted by atomic mass is 32.1. The Kier molecular flexibility index (Phi) is 9.73. The van der Waals surface area contributed by atoms with Crippen LogP contribution in [-0.2, 0) is 0 Å². The summed E-state index contributed by atoms with van der Waals surface area (Å²) in [6, 6.07) is 80.8. The van der Waals surface area contributed by atoms with Crippen LogP contribution in [0.25, 0.3) is 108 Å². The second-order valence-electron chi connectivity index (χ2n) is 17.5. The van der Waals surface area contributed by atoms with E-state index in [-0.39, 0.29) is 0 Å². The third-order valence-corrected chi connectivity index (χ3v) is 14.4. The van der Waals surface area contributed by atoms with Gasteiger partial charge in [0.2, 0.25) is 0 Å². The molecule has 4 heterocycles. The zero-order valence-electron chi connectivity index (χ0n) is 37.2. The summed E-state index contributed by atoms with van der Waals surface area (Å²) in [5, 5.41) is 10.7. The lowest BCUT2D eigenvalue weighted by atomic mass is 10.00. The fourth-order valence-corrected chi connectivity index (χ4v) is 11.4.